The molecule has 1 saturated heterocycles. The molecule has 6 nitrogen and oxygen atoms in total. The van der Waals surface area contributed by atoms with E-state index in [1.165, 1.54) is 0 Å². The molecule has 0 spiro atoms. The van der Waals surface area contributed by atoms with Gasteiger partial charge in [0, 0.05) is 43.3 Å². The third-order valence-corrected chi connectivity index (χ3v) is 6.50. The minimum atomic E-state index is -1.54. The Morgan fingerprint density at radius 1 is 1.06 bits per heavy atom. The van der Waals surface area contributed by atoms with Crippen molar-refractivity contribution in [2.75, 3.05) is 13.1 Å². The molecule has 172 valence electrons. The van der Waals surface area contributed by atoms with Gasteiger partial charge < -0.3 is 10.6 Å². The van der Waals surface area contributed by atoms with Crippen molar-refractivity contribution in [2.24, 2.45) is 5.73 Å². The smallest absolute Gasteiger partial charge is 0.254 e. The fourth-order valence-electron chi connectivity index (χ4n) is 4.52. The number of primary amides is 1. The number of hydrogen-bond donors (Lipinski definition) is 1. The third kappa shape index (κ3) is 4.27. The van der Waals surface area contributed by atoms with Crippen LogP contribution in [0, 0.1) is 25.2 Å². The van der Waals surface area contributed by atoms with Crippen molar-refractivity contribution in [2.45, 2.75) is 32.4 Å². The zero-order valence-electron chi connectivity index (χ0n) is 19.1. The van der Waals surface area contributed by atoms with Crippen LogP contribution in [0.5, 0.6) is 0 Å². The van der Waals surface area contributed by atoms with Crippen LogP contribution >= 0.6 is 0 Å². The van der Waals surface area contributed by atoms with E-state index in [1.807, 2.05) is 26.0 Å². The van der Waals surface area contributed by atoms with E-state index in [1.54, 1.807) is 53.6 Å². The van der Waals surface area contributed by atoms with E-state index in [2.05, 4.69) is 4.98 Å². The van der Waals surface area contributed by atoms with Crippen LogP contribution in [-0.4, -0.2) is 34.8 Å². The van der Waals surface area contributed by atoms with Crippen LogP contribution in [-0.2, 0) is 5.67 Å². The fourth-order valence-corrected chi connectivity index (χ4v) is 4.52. The molecule has 1 aliphatic heterocycles. The number of likely N-dealkylation sites (tertiary alicyclic amines) is 1. The summed E-state index contributed by atoms with van der Waals surface area (Å²) >= 11 is 0. The first-order valence-corrected chi connectivity index (χ1v) is 11.1. The Kier molecular flexibility index (Phi) is 6.16. The summed E-state index contributed by atoms with van der Waals surface area (Å²) < 4.78 is 15.6. The van der Waals surface area contributed by atoms with Crippen molar-refractivity contribution in [1.82, 2.24) is 9.88 Å². The molecule has 7 heteroatoms. The molecule has 0 radical (unpaired) electrons. The molecule has 4 rings (SSSR count). The molecule has 2 N–H and O–H groups in total. The second-order valence-corrected chi connectivity index (χ2v) is 8.69. The van der Waals surface area contributed by atoms with Crippen LogP contribution in [0.4, 0.5) is 4.39 Å². The largest absolute Gasteiger partial charge is 0.366 e. The van der Waals surface area contributed by atoms with E-state index in [4.69, 9.17) is 11.0 Å². The molecular weight excluding hydrogens is 431 g/mol. The van der Waals surface area contributed by atoms with Crippen LogP contribution in [0.25, 0.3) is 11.3 Å². The predicted molar refractivity (Wildman–Crippen MR) is 127 cm³/mol. The van der Waals surface area contributed by atoms with Gasteiger partial charge >= 0.3 is 0 Å². The summed E-state index contributed by atoms with van der Waals surface area (Å²) in [6.45, 7) is 4.30. The van der Waals surface area contributed by atoms with Gasteiger partial charge in [-0.2, -0.15) is 5.26 Å². The lowest BCUT2D eigenvalue weighted by Crippen LogP contribution is -2.43. The number of aromatic nitrogens is 1. The van der Waals surface area contributed by atoms with Crippen LogP contribution in [0.3, 0.4) is 0 Å². The summed E-state index contributed by atoms with van der Waals surface area (Å²) in [5, 5.41) is 8.97. The molecular formula is C27H25FN4O2. The normalized spacial score (nSPS) is 14.9. The van der Waals surface area contributed by atoms with Gasteiger partial charge in [0.05, 0.1) is 22.9 Å². The first kappa shape index (κ1) is 23.1. The number of alkyl halides is 1. The first-order valence-electron chi connectivity index (χ1n) is 11.1. The lowest BCUT2D eigenvalue weighted by Gasteiger charge is -2.37. The molecule has 1 fully saturated rings. The molecule has 0 atom stereocenters. The van der Waals surface area contributed by atoms with E-state index < -0.39 is 11.6 Å². The average Bonchev–Trinajstić information content (AvgIpc) is 2.84. The van der Waals surface area contributed by atoms with Gasteiger partial charge in [0.15, 0.2) is 0 Å². The highest BCUT2D eigenvalue weighted by Crippen LogP contribution is 2.38. The number of benzene rings is 2. The average molecular weight is 457 g/mol. The Balaban J connectivity index is 1.59. The summed E-state index contributed by atoms with van der Waals surface area (Å²) in [5.41, 5.74) is 8.55. The Labute approximate surface area is 197 Å². The fraction of sp³-hybridized carbons (Fsp3) is 0.259. The highest BCUT2D eigenvalue weighted by Gasteiger charge is 2.38. The Morgan fingerprint density at radius 3 is 2.35 bits per heavy atom. The number of nitrogens with two attached hydrogens (primary N) is 1. The van der Waals surface area contributed by atoms with E-state index in [0.717, 1.165) is 11.1 Å². The number of amides is 2. The van der Waals surface area contributed by atoms with E-state index in [-0.39, 0.29) is 37.4 Å². The molecule has 0 unspecified atom stereocenters. The van der Waals surface area contributed by atoms with Gasteiger partial charge in [-0.25, -0.2) is 4.39 Å². The second-order valence-electron chi connectivity index (χ2n) is 8.69. The molecule has 1 aromatic heterocycles. The summed E-state index contributed by atoms with van der Waals surface area (Å²) in [7, 11) is 0. The quantitative estimate of drug-likeness (QED) is 0.627. The van der Waals surface area contributed by atoms with Crippen LogP contribution in [0.2, 0.25) is 0 Å². The van der Waals surface area contributed by atoms with E-state index in [0.29, 0.717) is 27.9 Å². The van der Waals surface area contributed by atoms with Crippen molar-refractivity contribution < 1.29 is 14.0 Å². The number of rotatable bonds is 4. The van der Waals surface area contributed by atoms with Crippen molar-refractivity contribution >= 4 is 11.8 Å². The number of nitriles is 1. The lowest BCUT2D eigenvalue weighted by molar-refractivity contribution is 0.0421. The number of nitrogens with zero attached hydrogens (tertiary/aromatic N) is 3. The number of hydrogen-bond acceptors (Lipinski definition) is 4. The van der Waals surface area contributed by atoms with Crippen molar-refractivity contribution in [3.05, 3.63) is 88.1 Å². The third-order valence-electron chi connectivity index (χ3n) is 6.50. The van der Waals surface area contributed by atoms with E-state index >= 15 is 4.39 Å². The maximum Gasteiger partial charge on any atom is 0.254 e. The number of pyridine rings is 1. The van der Waals surface area contributed by atoms with Crippen LogP contribution < -0.4 is 5.73 Å². The van der Waals surface area contributed by atoms with Gasteiger partial charge in [-0.3, -0.25) is 14.6 Å². The standard InChI is InChI=1S/C27H25FN4O2/c1-17-14-18(2)23(15-22(17)24-21(25(30)33)4-3-11-31-24)26(34)32-12-9-27(28,10-13-32)20-7-5-19(16-29)6-8-20/h3-8,11,14-15H,9-10,12-13H2,1-2H3,(H2,30,33). The summed E-state index contributed by atoms with van der Waals surface area (Å²) in [6, 6.07) is 15.5. The van der Waals surface area contributed by atoms with Gasteiger partial charge in [0.25, 0.3) is 11.8 Å². The number of piperidine rings is 1. The topological polar surface area (TPSA) is 100 Å². The zero-order chi connectivity index (χ0) is 24.5. The van der Waals surface area contributed by atoms with Crippen molar-refractivity contribution in [3.63, 3.8) is 0 Å². The minimum Gasteiger partial charge on any atom is -0.366 e. The molecule has 0 bridgehead atoms. The monoisotopic (exact) mass is 456 g/mol. The maximum atomic E-state index is 15.6. The van der Waals surface area contributed by atoms with Gasteiger partial charge in [0.1, 0.15) is 5.67 Å². The van der Waals surface area contributed by atoms with Gasteiger partial charge in [-0.15, -0.1) is 0 Å². The number of halogens is 1. The molecule has 1 aliphatic rings. The molecule has 3 aromatic rings. The summed E-state index contributed by atoms with van der Waals surface area (Å²) in [6.07, 6.45) is 1.93. The number of carbonyl (C=O) groups excluding carboxylic acids is 2. The molecule has 2 heterocycles. The highest BCUT2D eigenvalue weighted by atomic mass is 19.1. The number of carbonyl (C=O) groups is 2. The van der Waals surface area contributed by atoms with Crippen molar-refractivity contribution in [1.29, 1.82) is 5.26 Å². The molecule has 0 aliphatic carbocycles. The summed E-state index contributed by atoms with van der Waals surface area (Å²) in [4.78, 5) is 31.3. The van der Waals surface area contributed by atoms with Crippen molar-refractivity contribution in [3.8, 4) is 17.3 Å². The minimum absolute atomic E-state index is 0.175. The van der Waals surface area contributed by atoms with Crippen LogP contribution in [0.15, 0.2) is 54.7 Å². The van der Waals surface area contributed by atoms with Gasteiger partial charge in [-0.1, -0.05) is 18.2 Å². The maximum absolute atomic E-state index is 15.6. The molecule has 34 heavy (non-hydrogen) atoms. The molecule has 2 amide bonds. The first-order chi connectivity index (χ1) is 16.2. The Hall–Kier alpha value is -4.05. The lowest BCUT2D eigenvalue weighted by atomic mass is 9.85. The predicted octanol–water partition coefficient (Wildman–Crippen LogP) is 4.44. The molecule has 0 saturated carbocycles. The summed E-state index contributed by atoms with van der Waals surface area (Å²) in [5.74, 6) is -0.772. The SMILES string of the molecule is Cc1cc(C)c(-c2ncccc2C(N)=O)cc1C(=O)N1CCC(F)(c2ccc(C#N)cc2)CC1. The Bertz CT molecular complexity index is 1300. The van der Waals surface area contributed by atoms with E-state index in [9.17, 15) is 9.59 Å². The van der Waals surface area contributed by atoms with Gasteiger partial charge in [0.2, 0.25) is 0 Å². The van der Waals surface area contributed by atoms with Gasteiger partial charge in [-0.05, 0) is 60.9 Å². The highest BCUT2D eigenvalue weighted by molar-refractivity contribution is 6.01. The molecule has 2 aromatic carbocycles. The zero-order valence-corrected chi connectivity index (χ0v) is 19.1. The second kappa shape index (κ2) is 9.06. The Morgan fingerprint density at radius 2 is 1.74 bits per heavy atom. The van der Waals surface area contributed by atoms with Crippen LogP contribution in [0.1, 0.15) is 55.8 Å². The number of aryl methyl sites for hydroxylation is 2.